The van der Waals surface area contributed by atoms with Gasteiger partial charge in [-0.1, -0.05) is 0 Å². The molecule has 1 aromatic carbocycles. The van der Waals surface area contributed by atoms with Crippen LogP contribution in [0.5, 0.6) is 0 Å². The summed E-state index contributed by atoms with van der Waals surface area (Å²) in [5, 5.41) is 9.68. The van der Waals surface area contributed by atoms with Crippen molar-refractivity contribution < 1.29 is 23.8 Å². The zero-order valence-electron chi connectivity index (χ0n) is 13.4. The largest absolute Gasteiger partial charge is 0.465 e. The predicted molar refractivity (Wildman–Crippen MR) is 90.6 cm³/mol. The van der Waals surface area contributed by atoms with Crippen LogP contribution in [0.1, 0.15) is 26.4 Å². The first-order chi connectivity index (χ1) is 11.9. The van der Waals surface area contributed by atoms with Crippen LogP contribution in [-0.4, -0.2) is 46.2 Å². The van der Waals surface area contributed by atoms with E-state index in [2.05, 4.69) is 15.9 Å². The Kier molecular flexibility index (Phi) is 4.91. The molecule has 1 aliphatic heterocycles. The van der Waals surface area contributed by atoms with E-state index in [-0.39, 0.29) is 24.6 Å². The molecule has 0 radical (unpaired) electrons. The number of rotatable bonds is 4. The van der Waals surface area contributed by atoms with Gasteiger partial charge in [0.25, 0.3) is 5.91 Å². The Morgan fingerprint density at radius 2 is 2.20 bits per heavy atom. The summed E-state index contributed by atoms with van der Waals surface area (Å²) in [4.78, 5) is 26.2. The Bertz CT molecular complexity index is 836. The lowest BCUT2D eigenvalue weighted by Crippen LogP contribution is -2.49. The second kappa shape index (κ2) is 6.97. The molecule has 1 amide bonds. The fourth-order valence-electron chi connectivity index (χ4n) is 2.99. The highest BCUT2D eigenvalue weighted by molar-refractivity contribution is 9.10. The molecule has 0 spiro atoms. The topological polar surface area (TPSA) is 71.8 Å². The molecule has 1 aliphatic rings. The minimum Gasteiger partial charge on any atom is -0.465 e. The van der Waals surface area contributed by atoms with E-state index in [4.69, 9.17) is 4.74 Å². The smallest absolute Gasteiger partial charge is 0.338 e. The molecule has 0 unspecified atom stereocenters. The number of aromatic nitrogens is 1. The molecule has 2 aromatic rings. The van der Waals surface area contributed by atoms with Crippen molar-refractivity contribution >= 4 is 27.8 Å². The number of aliphatic hydroxyl groups excluding tert-OH is 1. The van der Waals surface area contributed by atoms with Gasteiger partial charge in [-0.2, -0.15) is 0 Å². The Balaban J connectivity index is 1.98. The maximum absolute atomic E-state index is 13.7. The van der Waals surface area contributed by atoms with Crippen molar-refractivity contribution in [1.82, 2.24) is 9.47 Å². The number of carbonyl (C=O) groups is 2. The van der Waals surface area contributed by atoms with Gasteiger partial charge in [-0.3, -0.25) is 4.79 Å². The maximum atomic E-state index is 13.7. The minimum atomic E-state index is -0.605. The third kappa shape index (κ3) is 3.32. The zero-order valence-corrected chi connectivity index (χ0v) is 15.0. The number of hydrogen-bond donors (Lipinski definition) is 1. The molecular formula is C17H16BrFN2O4. The normalized spacial score (nSPS) is 16.7. The third-order valence-electron chi connectivity index (χ3n) is 4.22. The Morgan fingerprint density at radius 1 is 1.44 bits per heavy atom. The number of aliphatic hydroxyl groups is 1. The van der Waals surface area contributed by atoms with Crippen LogP contribution in [0.2, 0.25) is 0 Å². The van der Waals surface area contributed by atoms with E-state index in [1.165, 1.54) is 30.2 Å². The Hall–Kier alpha value is -2.19. The molecule has 25 heavy (non-hydrogen) atoms. The first-order valence-corrected chi connectivity index (χ1v) is 8.38. The number of carbonyl (C=O) groups excluding carboxylic acids is 2. The molecule has 0 aliphatic carbocycles. The number of halogens is 2. The number of methoxy groups -OCH3 is 1. The molecule has 0 bridgehead atoms. The van der Waals surface area contributed by atoms with Crippen molar-refractivity contribution in [2.24, 2.45) is 0 Å². The van der Waals surface area contributed by atoms with Gasteiger partial charge in [0.05, 0.1) is 25.3 Å². The highest BCUT2D eigenvalue weighted by atomic mass is 79.9. The van der Waals surface area contributed by atoms with Crippen molar-refractivity contribution in [2.75, 3.05) is 13.7 Å². The summed E-state index contributed by atoms with van der Waals surface area (Å²) >= 11 is 3.33. The van der Waals surface area contributed by atoms with Crippen molar-refractivity contribution in [3.63, 3.8) is 0 Å². The van der Waals surface area contributed by atoms with Crippen LogP contribution in [0.3, 0.4) is 0 Å². The van der Waals surface area contributed by atoms with Crippen LogP contribution in [0, 0.1) is 5.82 Å². The number of benzene rings is 1. The maximum Gasteiger partial charge on any atom is 0.338 e. The van der Waals surface area contributed by atoms with E-state index < -0.39 is 17.8 Å². The number of ether oxygens (including phenoxy) is 1. The van der Waals surface area contributed by atoms with E-state index in [0.717, 1.165) is 4.47 Å². The summed E-state index contributed by atoms with van der Waals surface area (Å²) < 4.78 is 20.9. The molecule has 1 aromatic heterocycles. The van der Waals surface area contributed by atoms with E-state index in [0.29, 0.717) is 17.8 Å². The fraction of sp³-hybridized carbons (Fsp3) is 0.294. The second-order valence-corrected chi connectivity index (χ2v) is 6.67. The lowest BCUT2D eigenvalue weighted by atomic mass is 10.0. The van der Waals surface area contributed by atoms with Crippen LogP contribution < -0.4 is 0 Å². The van der Waals surface area contributed by atoms with Crippen LogP contribution in [0.15, 0.2) is 34.9 Å². The molecule has 8 heteroatoms. The quantitative estimate of drug-likeness (QED) is 0.784. The van der Waals surface area contributed by atoms with Gasteiger partial charge < -0.3 is 19.3 Å². The summed E-state index contributed by atoms with van der Waals surface area (Å²) in [7, 11) is 1.24. The van der Waals surface area contributed by atoms with Crippen LogP contribution in [0.25, 0.3) is 0 Å². The molecule has 132 valence electrons. The molecule has 1 N–H and O–H groups in total. The Labute approximate surface area is 151 Å². The van der Waals surface area contributed by atoms with Crippen LogP contribution in [0.4, 0.5) is 4.39 Å². The number of hydrogen-bond acceptors (Lipinski definition) is 4. The predicted octanol–water partition coefficient (Wildman–Crippen LogP) is 2.19. The molecule has 2 heterocycles. The minimum absolute atomic E-state index is 0.00491. The van der Waals surface area contributed by atoms with Crippen molar-refractivity contribution in [3.05, 3.63) is 57.6 Å². The third-order valence-corrected chi connectivity index (χ3v) is 4.65. The first-order valence-electron chi connectivity index (χ1n) is 7.58. The SMILES string of the molecule is COC(=O)c1ccc(F)cc1CN1C(=O)c2cc(Br)cn2C[C@@H]1CO. The molecule has 0 saturated carbocycles. The molecule has 0 saturated heterocycles. The van der Waals surface area contributed by atoms with Gasteiger partial charge in [0.2, 0.25) is 0 Å². The number of esters is 1. The van der Waals surface area contributed by atoms with E-state index in [1.807, 2.05) is 0 Å². The summed E-state index contributed by atoms with van der Waals surface area (Å²) in [5.41, 5.74) is 0.987. The van der Waals surface area contributed by atoms with E-state index >= 15 is 0 Å². The van der Waals surface area contributed by atoms with Crippen LogP contribution >= 0.6 is 15.9 Å². The fourth-order valence-corrected chi connectivity index (χ4v) is 3.45. The first kappa shape index (κ1) is 17.6. The lowest BCUT2D eigenvalue weighted by molar-refractivity contribution is 0.0453. The molecule has 0 fully saturated rings. The Morgan fingerprint density at radius 3 is 2.88 bits per heavy atom. The average molecular weight is 411 g/mol. The van der Waals surface area contributed by atoms with Gasteiger partial charge in [-0.15, -0.1) is 0 Å². The van der Waals surface area contributed by atoms with Gasteiger partial charge in [-0.25, -0.2) is 9.18 Å². The van der Waals surface area contributed by atoms with Gasteiger partial charge in [-0.05, 0) is 45.8 Å². The summed E-state index contributed by atoms with van der Waals surface area (Å²) in [6.45, 7) is 0.158. The number of amides is 1. The van der Waals surface area contributed by atoms with Gasteiger partial charge >= 0.3 is 5.97 Å². The zero-order chi connectivity index (χ0) is 18.1. The average Bonchev–Trinajstić information content (AvgIpc) is 2.97. The van der Waals surface area contributed by atoms with E-state index in [9.17, 15) is 19.1 Å². The van der Waals surface area contributed by atoms with Gasteiger partial charge in [0.15, 0.2) is 0 Å². The number of fused-ring (bicyclic) bond motifs is 1. The van der Waals surface area contributed by atoms with Gasteiger partial charge in [0, 0.05) is 23.8 Å². The lowest BCUT2D eigenvalue weighted by Gasteiger charge is -2.36. The van der Waals surface area contributed by atoms with Crippen LogP contribution in [-0.2, 0) is 17.8 Å². The highest BCUT2D eigenvalue weighted by Crippen LogP contribution is 2.26. The molecule has 6 nitrogen and oxygen atoms in total. The summed E-state index contributed by atoms with van der Waals surface area (Å²) in [6, 6.07) is 4.92. The van der Waals surface area contributed by atoms with Crippen molar-refractivity contribution in [3.8, 4) is 0 Å². The summed E-state index contributed by atoms with van der Waals surface area (Å²) in [5.74, 6) is -1.42. The molecule has 1 atom stereocenters. The van der Waals surface area contributed by atoms with Gasteiger partial charge in [0.1, 0.15) is 11.5 Å². The second-order valence-electron chi connectivity index (χ2n) is 5.76. The monoisotopic (exact) mass is 410 g/mol. The highest BCUT2D eigenvalue weighted by Gasteiger charge is 2.33. The molecule has 3 rings (SSSR count). The van der Waals surface area contributed by atoms with Crippen molar-refractivity contribution in [2.45, 2.75) is 19.1 Å². The molecular weight excluding hydrogens is 395 g/mol. The summed E-state index contributed by atoms with van der Waals surface area (Å²) in [6.07, 6.45) is 1.77. The van der Waals surface area contributed by atoms with E-state index in [1.54, 1.807) is 16.8 Å². The van der Waals surface area contributed by atoms with Crippen molar-refractivity contribution in [1.29, 1.82) is 0 Å². The number of nitrogens with zero attached hydrogens (tertiary/aromatic N) is 2. The standard InChI is InChI=1S/C17H16BrFN2O4/c1-25-17(24)14-3-2-12(19)4-10(14)6-21-13(9-22)8-20-7-11(18)5-15(20)16(21)23/h2-5,7,13,22H,6,8-9H2,1H3/t13-/m1/s1.